The number of amidine groups is 1. The van der Waals surface area contributed by atoms with Gasteiger partial charge in [-0.15, -0.1) is 0 Å². The molecular formula is C31H34ClN11. The first-order chi connectivity index (χ1) is 20.7. The minimum Gasteiger partial charge on any atom is -0.278 e. The highest BCUT2D eigenvalue weighted by atomic mass is 35.5. The monoisotopic (exact) mass is 595 g/mol. The van der Waals surface area contributed by atoms with E-state index in [1.807, 2.05) is 44.2 Å². The molecular weight excluding hydrogens is 562 g/mol. The molecule has 1 saturated carbocycles. The van der Waals surface area contributed by atoms with E-state index in [-0.39, 0.29) is 17.9 Å². The summed E-state index contributed by atoms with van der Waals surface area (Å²) in [4.78, 5) is 3.91. The Balaban J connectivity index is 1.42. The number of hydrazine groups is 1. The quantitative estimate of drug-likeness (QED) is 0.157. The van der Waals surface area contributed by atoms with E-state index in [9.17, 15) is 0 Å². The minimum atomic E-state index is -0.353. The molecule has 220 valence electrons. The molecule has 3 heterocycles. The third-order valence-electron chi connectivity index (χ3n) is 8.84. The highest BCUT2D eigenvalue weighted by Gasteiger charge is 2.34. The van der Waals surface area contributed by atoms with Gasteiger partial charge in [0.05, 0.1) is 34.7 Å². The van der Waals surface area contributed by atoms with Gasteiger partial charge in [0.1, 0.15) is 12.4 Å². The summed E-state index contributed by atoms with van der Waals surface area (Å²) < 4.78 is 4.15. The molecule has 0 bridgehead atoms. The van der Waals surface area contributed by atoms with Gasteiger partial charge in [0, 0.05) is 59.8 Å². The fourth-order valence-corrected chi connectivity index (χ4v) is 6.79. The van der Waals surface area contributed by atoms with E-state index in [1.165, 1.54) is 17.6 Å². The number of benzene rings is 1. The van der Waals surface area contributed by atoms with E-state index < -0.39 is 0 Å². The van der Waals surface area contributed by atoms with Crippen molar-refractivity contribution in [2.45, 2.75) is 58.0 Å². The number of H-pyrrole nitrogens is 1. The molecule has 0 radical (unpaired) electrons. The first kappa shape index (κ1) is 28.6. The maximum Gasteiger partial charge on any atom is 0.226 e. The Morgan fingerprint density at radius 1 is 1.28 bits per heavy atom. The fraction of sp³-hybridized carbons (Fsp3) is 0.355. The van der Waals surface area contributed by atoms with Crippen molar-refractivity contribution < 1.29 is 0 Å². The Hall–Kier alpha value is -4.53. The standard InChI is InChI=1S/C31H34ClN11/c1-6-42(17-35-27(34)14-33)41(5)22-8-9-23(13-22)43-19(3)28(29-24-16-36-38-25(24)11-18(2)30(29)32)31(39-43)20-7-10-26-21(12-20)15-37-40(26)4/h6,11-12,15-17,22-23,34H,1,7-10,13H2,2-5H3,(H,36,38). The molecule has 1 fully saturated rings. The summed E-state index contributed by atoms with van der Waals surface area (Å²) in [6, 6.07) is 4.13. The molecule has 4 aromatic rings. The predicted molar refractivity (Wildman–Crippen MR) is 170 cm³/mol. The van der Waals surface area contributed by atoms with Crippen LogP contribution in [0.5, 0.6) is 0 Å². The fourth-order valence-electron chi connectivity index (χ4n) is 6.54. The van der Waals surface area contributed by atoms with E-state index in [0.717, 1.165) is 76.6 Å². The molecule has 0 spiro atoms. The van der Waals surface area contributed by atoms with Crippen LogP contribution in [0.25, 0.3) is 33.7 Å². The number of aliphatic imine (C=N–C) groups is 1. The lowest BCUT2D eigenvalue weighted by Crippen LogP contribution is -2.41. The maximum absolute atomic E-state index is 8.91. The van der Waals surface area contributed by atoms with Crippen molar-refractivity contribution in [3.63, 3.8) is 0 Å². The molecule has 0 saturated heterocycles. The lowest BCUT2D eigenvalue weighted by atomic mass is 9.90. The minimum absolute atomic E-state index is 0.169. The molecule has 6 rings (SSSR count). The Labute approximate surface area is 255 Å². The van der Waals surface area contributed by atoms with Crippen molar-refractivity contribution in [1.29, 1.82) is 10.7 Å². The summed E-state index contributed by atoms with van der Waals surface area (Å²) in [5.74, 6) is -0.353. The second-order valence-electron chi connectivity index (χ2n) is 11.3. The SMILES string of the molecule is C=CN(C=NC(=N)C#N)N(C)C1CCC(n2nc(C3=Cc4cnn(C)c4CC3)c(-c3c(Cl)c(C)cc4[nH]ncc34)c2C)C1. The molecule has 2 unspecified atom stereocenters. The van der Waals surface area contributed by atoms with E-state index in [0.29, 0.717) is 5.02 Å². The van der Waals surface area contributed by atoms with Gasteiger partial charge in [-0.2, -0.15) is 20.6 Å². The van der Waals surface area contributed by atoms with Crippen LogP contribution in [0.4, 0.5) is 0 Å². The number of allylic oxidation sites excluding steroid dienone is 1. The third-order valence-corrected chi connectivity index (χ3v) is 9.32. The second kappa shape index (κ2) is 11.3. The molecule has 11 nitrogen and oxygen atoms in total. The van der Waals surface area contributed by atoms with Gasteiger partial charge in [-0.05, 0) is 69.2 Å². The average Bonchev–Trinajstić information content (AvgIpc) is 3.81. The van der Waals surface area contributed by atoms with Crippen molar-refractivity contribution in [1.82, 2.24) is 39.8 Å². The molecule has 2 aliphatic rings. The average molecular weight is 596 g/mol. The first-order valence-corrected chi connectivity index (χ1v) is 14.7. The van der Waals surface area contributed by atoms with Crippen LogP contribution in [0.2, 0.25) is 5.02 Å². The molecule has 0 aliphatic heterocycles. The first-order valence-electron chi connectivity index (χ1n) is 14.3. The van der Waals surface area contributed by atoms with E-state index >= 15 is 0 Å². The van der Waals surface area contributed by atoms with Gasteiger partial charge in [-0.25, -0.2) is 10.0 Å². The summed E-state index contributed by atoms with van der Waals surface area (Å²) in [5, 5.41) is 39.2. The summed E-state index contributed by atoms with van der Waals surface area (Å²) in [6.45, 7) is 8.06. The van der Waals surface area contributed by atoms with Crippen LogP contribution in [-0.2, 0) is 13.5 Å². The number of nitrogens with zero attached hydrogens (tertiary/aromatic N) is 9. The zero-order valence-corrected chi connectivity index (χ0v) is 25.5. The van der Waals surface area contributed by atoms with Gasteiger partial charge in [0.15, 0.2) is 0 Å². The van der Waals surface area contributed by atoms with Crippen LogP contribution >= 0.6 is 11.6 Å². The van der Waals surface area contributed by atoms with Crippen molar-refractivity contribution in [2.24, 2.45) is 12.0 Å². The molecule has 12 heteroatoms. The number of aromatic amines is 1. The topological polar surface area (TPSA) is 131 Å². The normalized spacial score (nSPS) is 18.3. The molecule has 3 aromatic heterocycles. The summed E-state index contributed by atoms with van der Waals surface area (Å²) in [5.41, 5.74) is 9.49. The smallest absolute Gasteiger partial charge is 0.226 e. The van der Waals surface area contributed by atoms with E-state index in [4.69, 9.17) is 27.4 Å². The number of rotatable bonds is 7. The third kappa shape index (κ3) is 4.96. The lowest BCUT2D eigenvalue weighted by molar-refractivity contribution is 0.0768. The van der Waals surface area contributed by atoms with E-state index in [1.54, 1.807) is 17.3 Å². The molecule has 2 aliphatic carbocycles. The zero-order chi connectivity index (χ0) is 30.4. The zero-order valence-electron chi connectivity index (χ0n) is 24.8. The van der Waals surface area contributed by atoms with Crippen LogP contribution in [0.3, 0.4) is 0 Å². The highest BCUT2D eigenvalue weighted by Crippen LogP contribution is 2.45. The number of hydrogen-bond acceptors (Lipinski definition) is 6. The van der Waals surface area contributed by atoms with Crippen molar-refractivity contribution >= 4 is 46.3 Å². The maximum atomic E-state index is 8.91. The number of hydrogen-bond donors (Lipinski definition) is 2. The summed E-state index contributed by atoms with van der Waals surface area (Å²) >= 11 is 7.10. The molecule has 1 aromatic carbocycles. The van der Waals surface area contributed by atoms with Crippen LogP contribution < -0.4 is 0 Å². The number of aromatic nitrogens is 6. The second-order valence-corrected chi connectivity index (χ2v) is 11.6. The number of fused-ring (bicyclic) bond motifs is 2. The Morgan fingerprint density at radius 2 is 2.09 bits per heavy atom. The van der Waals surface area contributed by atoms with Crippen molar-refractivity contribution in [2.75, 3.05) is 7.05 Å². The van der Waals surface area contributed by atoms with Crippen LogP contribution in [0.15, 0.2) is 36.2 Å². The van der Waals surface area contributed by atoms with Gasteiger partial charge in [0.2, 0.25) is 5.84 Å². The van der Waals surface area contributed by atoms with Gasteiger partial charge >= 0.3 is 0 Å². The van der Waals surface area contributed by atoms with Gasteiger partial charge in [-0.1, -0.05) is 18.2 Å². The largest absolute Gasteiger partial charge is 0.278 e. The molecule has 2 atom stereocenters. The number of nitriles is 1. The number of halogens is 1. The Morgan fingerprint density at radius 3 is 2.86 bits per heavy atom. The predicted octanol–water partition coefficient (Wildman–Crippen LogP) is 5.83. The highest BCUT2D eigenvalue weighted by molar-refractivity contribution is 6.36. The number of aryl methyl sites for hydroxylation is 2. The van der Waals surface area contributed by atoms with Crippen LogP contribution in [-0.4, -0.2) is 65.0 Å². The van der Waals surface area contributed by atoms with Gasteiger partial charge in [-0.3, -0.25) is 24.9 Å². The van der Waals surface area contributed by atoms with Crippen LogP contribution in [0, 0.1) is 30.6 Å². The molecule has 2 N–H and O–H groups in total. The van der Waals surface area contributed by atoms with Gasteiger partial charge in [0.25, 0.3) is 0 Å². The molecule has 0 amide bonds. The van der Waals surface area contributed by atoms with Crippen LogP contribution in [0.1, 0.15) is 59.9 Å². The number of nitrogens with one attached hydrogen (secondary N) is 2. The van der Waals surface area contributed by atoms with Crippen molar-refractivity contribution in [3.8, 4) is 17.2 Å². The Kier molecular flexibility index (Phi) is 7.50. The van der Waals surface area contributed by atoms with Gasteiger partial charge < -0.3 is 0 Å². The summed E-state index contributed by atoms with van der Waals surface area (Å²) in [7, 11) is 3.97. The summed E-state index contributed by atoms with van der Waals surface area (Å²) in [6.07, 6.45) is 13.6. The Bertz CT molecular complexity index is 1850. The van der Waals surface area contributed by atoms with Crippen molar-refractivity contribution in [3.05, 3.63) is 64.5 Å². The lowest BCUT2D eigenvalue weighted by Gasteiger charge is -2.32. The molecule has 43 heavy (non-hydrogen) atoms. The van der Waals surface area contributed by atoms with E-state index in [2.05, 4.69) is 49.6 Å².